The highest BCUT2D eigenvalue weighted by Gasteiger charge is 2.33. The third-order valence-electron chi connectivity index (χ3n) is 5.18. The zero-order valence-corrected chi connectivity index (χ0v) is 18.0. The van der Waals surface area contributed by atoms with Gasteiger partial charge >= 0.3 is 0 Å². The highest BCUT2D eigenvalue weighted by molar-refractivity contribution is 7.89. The number of sulfonamides is 1. The summed E-state index contributed by atoms with van der Waals surface area (Å²) in [6, 6.07) is 5.99. The fraction of sp³-hybridized carbons (Fsp3) is 0.421. The number of carbonyl (C=O) groups is 1. The van der Waals surface area contributed by atoms with Crippen molar-refractivity contribution in [2.75, 3.05) is 18.4 Å². The van der Waals surface area contributed by atoms with E-state index in [4.69, 9.17) is 0 Å². The summed E-state index contributed by atoms with van der Waals surface area (Å²) in [6.45, 7) is 5.22. The smallest absolute Gasteiger partial charge is 0.262 e. The van der Waals surface area contributed by atoms with Crippen LogP contribution in [0.5, 0.6) is 0 Å². The number of piperidine rings is 1. The predicted octanol–water partition coefficient (Wildman–Crippen LogP) is 2.86. The quantitative estimate of drug-likeness (QED) is 0.667. The Hall–Kier alpha value is -2.30. The van der Waals surface area contributed by atoms with Crippen molar-refractivity contribution in [3.05, 3.63) is 36.3 Å². The van der Waals surface area contributed by atoms with E-state index in [9.17, 15) is 13.2 Å². The molecule has 3 heterocycles. The third-order valence-corrected chi connectivity index (χ3v) is 7.90. The second-order valence-electron chi connectivity index (χ2n) is 7.20. The van der Waals surface area contributed by atoms with Crippen molar-refractivity contribution in [3.63, 3.8) is 0 Å². The largest absolute Gasteiger partial charge is 0.336 e. The van der Waals surface area contributed by atoms with Gasteiger partial charge in [-0.1, -0.05) is 17.4 Å². The summed E-state index contributed by atoms with van der Waals surface area (Å²) in [7, 11) is -3.62. The van der Waals surface area contributed by atoms with Gasteiger partial charge in [0.15, 0.2) is 10.2 Å². The number of rotatable bonds is 5. The molecule has 8 nitrogen and oxygen atoms in total. The Morgan fingerprint density at radius 3 is 2.76 bits per heavy atom. The average Bonchev–Trinajstić information content (AvgIpc) is 3.34. The Morgan fingerprint density at radius 2 is 2.07 bits per heavy atom. The van der Waals surface area contributed by atoms with Crippen LogP contribution < -0.4 is 5.32 Å². The molecule has 1 aliphatic rings. The van der Waals surface area contributed by atoms with Gasteiger partial charge in [-0.3, -0.25) is 4.79 Å². The third kappa shape index (κ3) is 4.05. The Balaban J connectivity index is 1.38. The fourth-order valence-electron chi connectivity index (χ4n) is 3.43. The maximum atomic E-state index is 12.8. The summed E-state index contributed by atoms with van der Waals surface area (Å²) in [6.07, 6.45) is 4.02. The summed E-state index contributed by atoms with van der Waals surface area (Å²) in [5.41, 5.74) is 2.01. The molecule has 154 valence electrons. The second kappa shape index (κ2) is 7.85. The molecule has 1 saturated heterocycles. The summed E-state index contributed by atoms with van der Waals surface area (Å²) < 4.78 is 29.7. The molecule has 4 rings (SSSR count). The molecule has 1 N–H and O–H groups in total. The number of thiazole rings is 1. The first-order valence-corrected chi connectivity index (χ1v) is 11.8. The standard InChI is InChI=1S/C19H23N5O3S2/c1-3-23-11-17(20-12-23)29(26,27)24-8-6-14(7-9-24)18(25)22-19-21-15-5-4-13(2)10-16(15)28-19/h4-5,10-12,14H,3,6-9H2,1-2H3,(H,21,22,25). The number of anilines is 1. The number of benzene rings is 1. The number of nitrogens with zero attached hydrogens (tertiary/aromatic N) is 4. The number of fused-ring (bicyclic) bond motifs is 1. The van der Waals surface area contributed by atoms with Crippen LogP contribution in [0.1, 0.15) is 25.3 Å². The average molecular weight is 434 g/mol. The number of carbonyl (C=O) groups excluding carboxylic acids is 1. The monoisotopic (exact) mass is 433 g/mol. The molecule has 0 bridgehead atoms. The van der Waals surface area contributed by atoms with E-state index in [1.165, 1.54) is 22.0 Å². The molecule has 1 amide bonds. The van der Waals surface area contributed by atoms with Gasteiger partial charge < -0.3 is 9.88 Å². The Bertz CT molecular complexity index is 1140. The molecule has 1 fully saturated rings. The highest BCUT2D eigenvalue weighted by Crippen LogP contribution is 2.29. The fourth-order valence-corrected chi connectivity index (χ4v) is 5.80. The molecule has 10 heteroatoms. The van der Waals surface area contributed by atoms with E-state index in [0.717, 1.165) is 15.8 Å². The summed E-state index contributed by atoms with van der Waals surface area (Å²) >= 11 is 1.45. The zero-order chi connectivity index (χ0) is 20.6. The Labute approximate surface area is 173 Å². The van der Waals surface area contributed by atoms with E-state index >= 15 is 0 Å². The lowest BCUT2D eigenvalue weighted by Crippen LogP contribution is -2.41. The normalized spacial score (nSPS) is 16.3. The molecule has 0 spiro atoms. The van der Waals surface area contributed by atoms with Crippen molar-refractivity contribution in [2.24, 2.45) is 5.92 Å². The van der Waals surface area contributed by atoms with Crippen molar-refractivity contribution < 1.29 is 13.2 Å². The minimum atomic E-state index is -3.62. The number of hydrogen-bond acceptors (Lipinski definition) is 6. The van der Waals surface area contributed by atoms with Crippen LogP contribution in [-0.4, -0.2) is 46.3 Å². The van der Waals surface area contributed by atoms with E-state index in [2.05, 4.69) is 15.3 Å². The molecule has 3 aromatic rings. The topological polar surface area (TPSA) is 97.2 Å². The number of nitrogens with one attached hydrogen (secondary N) is 1. The van der Waals surface area contributed by atoms with Crippen molar-refractivity contribution in [1.29, 1.82) is 0 Å². The molecular weight excluding hydrogens is 410 g/mol. The number of imidazole rings is 1. The van der Waals surface area contributed by atoms with Crippen molar-refractivity contribution >= 4 is 42.6 Å². The predicted molar refractivity (Wildman–Crippen MR) is 112 cm³/mol. The van der Waals surface area contributed by atoms with Gasteiger partial charge in [0.05, 0.1) is 16.5 Å². The van der Waals surface area contributed by atoms with Gasteiger partial charge in [-0.15, -0.1) is 0 Å². The van der Waals surface area contributed by atoms with Gasteiger partial charge in [0, 0.05) is 31.7 Å². The zero-order valence-electron chi connectivity index (χ0n) is 16.3. The van der Waals surface area contributed by atoms with Crippen LogP contribution in [-0.2, 0) is 21.4 Å². The van der Waals surface area contributed by atoms with Gasteiger partial charge in [-0.05, 0) is 44.4 Å². The molecule has 0 atom stereocenters. The minimum absolute atomic E-state index is 0.0621. The van der Waals surface area contributed by atoms with Crippen LogP contribution in [0.4, 0.5) is 5.13 Å². The lowest BCUT2D eigenvalue weighted by molar-refractivity contribution is -0.120. The number of hydrogen-bond donors (Lipinski definition) is 1. The van der Waals surface area contributed by atoms with Gasteiger partial charge in [0.1, 0.15) is 0 Å². The Kier molecular flexibility index (Phi) is 5.41. The molecule has 1 aromatic carbocycles. The molecule has 0 radical (unpaired) electrons. The van der Waals surface area contributed by atoms with Crippen LogP contribution in [0, 0.1) is 12.8 Å². The molecule has 0 unspecified atom stereocenters. The van der Waals surface area contributed by atoms with Crippen LogP contribution in [0.15, 0.2) is 35.7 Å². The SMILES string of the molecule is CCn1cnc(S(=O)(=O)N2CCC(C(=O)Nc3nc4ccc(C)cc4s3)CC2)c1. The molecule has 1 aliphatic heterocycles. The van der Waals surface area contributed by atoms with E-state index in [1.807, 2.05) is 32.0 Å². The van der Waals surface area contributed by atoms with Crippen LogP contribution in [0.25, 0.3) is 10.2 Å². The summed E-state index contributed by atoms with van der Waals surface area (Å²) in [5.74, 6) is -0.337. The second-order valence-corrected chi connectivity index (χ2v) is 10.1. The lowest BCUT2D eigenvalue weighted by Gasteiger charge is -2.29. The Morgan fingerprint density at radius 1 is 1.31 bits per heavy atom. The first-order valence-electron chi connectivity index (χ1n) is 9.57. The van der Waals surface area contributed by atoms with E-state index in [-0.39, 0.29) is 16.9 Å². The molecule has 29 heavy (non-hydrogen) atoms. The van der Waals surface area contributed by atoms with Crippen LogP contribution in [0.3, 0.4) is 0 Å². The van der Waals surface area contributed by atoms with Crippen LogP contribution in [0.2, 0.25) is 0 Å². The van der Waals surface area contributed by atoms with Gasteiger partial charge in [0.2, 0.25) is 5.91 Å². The van der Waals surface area contributed by atoms with E-state index in [0.29, 0.717) is 37.6 Å². The van der Waals surface area contributed by atoms with Crippen molar-refractivity contribution in [2.45, 2.75) is 38.3 Å². The first-order chi connectivity index (χ1) is 13.9. The first kappa shape index (κ1) is 20.0. The van der Waals surface area contributed by atoms with Gasteiger partial charge in [0.25, 0.3) is 10.0 Å². The molecule has 2 aromatic heterocycles. The van der Waals surface area contributed by atoms with E-state index < -0.39 is 10.0 Å². The van der Waals surface area contributed by atoms with Gasteiger partial charge in [-0.25, -0.2) is 18.4 Å². The number of amides is 1. The lowest BCUT2D eigenvalue weighted by atomic mass is 9.97. The molecule has 0 aliphatic carbocycles. The summed E-state index contributed by atoms with van der Waals surface area (Å²) in [5, 5.41) is 3.54. The minimum Gasteiger partial charge on any atom is -0.336 e. The molecule has 0 saturated carbocycles. The van der Waals surface area contributed by atoms with Crippen molar-refractivity contribution in [1.82, 2.24) is 18.8 Å². The van der Waals surface area contributed by atoms with Crippen molar-refractivity contribution in [3.8, 4) is 0 Å². The number of aromatic nitrogens is 3. The van der Waals surface area contributed by atoms with Crippen LogP contribution >= 0.6 is 11.3 Å². The van der Waals surface area contributed by atoms with E-state index in [1.54, 1.807) is 10.8 Å². The summed E-state index contributed by atoms with van der Waals surface area (Å²) in [4.78, 5) is 21.1. The molecular formula is C19H23N5O3S2. The van der Waals surface area contributed by atoms with Gasteiger partial charge in [-0.2, -0.15) is 4.31 Å². The number of aryl methyl sites for hydroxylation is 2. The highest BCUT2D eigenvalue weighted by atomic mass is 32.2. The maximum Gasteiger partial charge on any atom is 0.262 e. The maximum absolute atomic E-state index is 12.8.